The van der Waals surface area contributed by atoms with Crippen LogP contribution in [-0.4, -0.2) is 27.5 Å². The summed E-state index contributed by atoms with van der Waals surface area (Å²) in [6.45, 7) is 3.13. The first-order valence-electron chi connectivity index (χ1n) is 6.71. The molecular weight excluding hydrogens is 376 g/mol. The van der Waals surface area contributed by atoms with E-state index in [1.165, 1.54) is 0 Å². The molecule has 0 radical (unpaired) electrons. The Morgan fingerprint density at radius 3 is 2.57 bits per heavy atom. The van der Waals surface area contributed by atoms with Crippen LogP contribution in [0, 0.1) is 5.92 Å². The number of hydrogen-bond acceptors (Lipinski definition) is 3. The number of benzene rings is 1. The molecule has 1 aliphatic rings. The standard InChI is InChI=1S/C13H16ClF3N2O2S.ClH/c1-8-4-5-18-7-12(8)19-22(20,21)9-2-3-11(14)10(6-9)13(15,16)17;/h2-3,6,8,12,18-19H,4-5,7H2,1H3;1H. The quantitative estimate of drug-likeness (QED) is 0.830. The van der Waals surface area contributed by atoms with Gasteiger partial charge in [0.05, 0.1) is 15.5 Å². The molecule has 0 aromatic heterocycles. The van der Waals surface area contributed by atoms with Crippen molar-refractivity contribution in [3.8, 4) is 0 Å². The van der Waals surface area contributed by atoms with E-state index in [0.717, 1.165) is 25.1 Å². The topological polar surface area (TPSA) is 58.2 Å². The van der Waals surface area contributed by atoms with Gasteiger partial charge >= 0.3 is 6.18 Å². The first-order chi connectivity index (χ1) is 10.1. The molecule has 2 unspecified atom stereocenters. The van der Waals surface area contributed by atoms with Gasteiger partial charge in [0.15, 0.2) is 0 Å². The highest BCUT2D eigenvalue weighted by molar-refractivity contribution is 7.89. The zero-order valence-electron chi connectivity index (χ0n) is 12.2. The highest BCUT2D eigenvalue weighted by Crippen LogP contribution is 2.36. The smallest absolute Gasteiger partial charge is 0.315 e. The lowest BCUT2D eigenvalue weighted by Gasteiger charge is -2.30. The Labute approximate surface area is 144 Å². The highest BCUT2D eigenvalue weighted by atomic mass is 35.5. The fourth-order valence-corrected chi connectivity index (χ4v) is 3.90. The van der Waals surface area contributed by atoms with Crippen molar-refractivity contribution in [1.29, 1.82) is 0 Å². The van der Waals surface area contributed by atoms with E-state index < -0.39 is 31.7 Å². The second kappa shape index (κ2) is 7.57. The van der Waals surface area contributed by atoms with Crippen LogP contribution in [0.15, 0.2) is 23.1 Å². The molecule has 2 N–H and O–H groups in total. The highest BCUT2D eigenvalue weighted by Gasteiger charge is 2.35. The largest absolute Gasteiger partial charge is 0.417 e. The van der Waals surface area contributed by atoms with Crippen molar-refractivity contribution in [2.45, 2.75) is 30.5 Å². The Kier molecular flexibility index (Phi) is 6.74. The Morgan fingerprint density at radius 1 is 1.35 bits per heavy atom. The molecule has 4 nitrogen and oxygen atoms in total. The van der Waals surface area contributed by atoms with E-state index >= 15 is 0 Å². The molecule has 0 spiro atoms. The van der Waals surface area contributed by atoms with Gasteiger partial charge in [-0.15, -0.1) is 12.4 Å². The maximum Gasteiger partial charge on any atom is 0.417 e. The summed E-state index contributed by atoms with van der Waals surface area (Å²) in [5.74, 6) is 0.102. The maximum absolute atomic E-state index is 12.8. The summed E-state index contributed by atoms with van der Waals surface area (Å²) >= 11 is 5.50. The number of alkyl halides is 3. The monoisotopic (exact) mass is 392 g/mol. The molecule has 0 bridgehead atoms. The minimum absolute atomic E-state index is 0. The number of hydrogen-bond donors (Lipinski definition) is 2. The molecule has 1 heterocycles. The van der Waals surface area contributed by atoms with Gasteiger partial charge in [-0.3, -0.25) is 0 Å². The number of nitrogens with one attached hydrogen (secondary N) is 2. The molecule has 1 saturated heterocycles. The third-order valence-electron chi connectivity index (χ3n) is 3.69. The van der Waals surface area contributed by atoms with Gasteiger partial charge in [0.25, 0.3) is 0 Å². The van der Waals surface area contributed by atoms with Gasteiger partial charge in [-0.2, -0.15) is 13.2 Å². The first kappa shape index (κ1) is 20.5. The predicted molar refractivity (Wildman–Crippen MR) is 84.5 cm³/mol. The van der Waals surface area contributed by atoms with Crippen LogP contribution in [0.1, 0.15) is 18.9 Å². The van der Waals surface area contributed by atoms with Crippen molar-refractivity contribution in [3.63, 3.8) is 0 Å². The molecule has 132 valence electrons. The molecule has 23 heavy (non-hydrogen) atoms. The van der Waals surface area contributed by atoms with Gasteiger partial charge in [0.2, 0.25) is 10.0 Å². The third kappa shape index (κ3) is 4.96. The van der Waals surface area contributed by atoms with Gasteiger partial charge in [0, 0.05) is 12.6 Å². The van der Waals surface area contributed by atoms with Crippen molar-refractivity contribution in [1.82, 2.24) is 10.0 Å². The fraction of sp³-hybridized carbons (Fsp3) is 0.538. The van der Waals surface area contributed by atoms with E-state index in [1.54, 1.807) is 0 Å². The molecule has 2 atom stereocenters. The zero-order valence-corrected chi connectivity index (χ0v) is 14.5. The molecule has 0 aliphatic carbocycles. The summed E-state index contributed by atoms with van der Waals surface area (Å²) in [6, 6.07) is 2.22. The van der Waals surface area contributed by atoms with E-state index in [2.05, 4.69) is 10.0 Å². The van der Waals surface area contributed by atoms with Crippen LogP contribution in [0.2, 0.25) is 5.02 Å². The summed E-state index contributed by atoms with van der Waals surface area (Å²) < 4.78 is 65.5. The van der Waals surface area contributed by atoms with Crippen LogP contribution < -0.4 is 10.0 Å². The van der Waals surface area contributed by atoms with Crippen molar-refractivity contribution >= 4 is 34.0 Å². The van der Waals surface area contributed by atoms with E-state index in [9.17, 15) is 21.6 Å². The fourth-order valence-electron chi connectivity index (χ4n) is 2.30. The van der Waals surface area contributed by atoms with E-state index in [0.29, 0.717) is 12.6 Å². The van der Waals surface area contributed by atoms with Gasteiger partial charge in [-0.1, -0.05) is 18.5 Å². The van der Waals surface area contributed by atoms with E-state index in [1.807, 2.05) is 6.92 Å². The van der Waals surface area contributed by atoms with Gasteiger partial charge < -0.3 is 5.32 Å². The van der Waals surface area contributed by atoms with Crippen LogP contribution in [0.25, 0.3) is 0 Å². The van der Waals surface area contributed by atoms with Crippen molar-refractivity contribution in [3.05, 3.63) is 28.8 Å². The van der Waals surface area contributed by atoms with Crippen LogP contribution in [-0.2, 0) is 16.2 Å². The molecule has 2 rings (SSSR count). The molecule has 1 fully saturated rings. The number of rotatable bonds is 3. The lowest BCUT2D eigenvalue weighted by atomic mass is 9.96. The molecule has 1 aromatic carbocycles. The summed E-state index contributed by atoms with van der Waals surface area (Å²) in [7, 11) is -4.04. The van der Waals surface area contributed by atoms with Gasteiger partial charge in [-0.05, 0) is 37.1 Å². The Hall–Kier alpha value is -0.540. The zero-order chi connectivity index (χ0) is 16.5. The summed E-state index contributed by atoms with van der Waals surface area (Å²) in [5.41, 5.74) is -1.16. The molecule has 10 heteroatoms. The number of piperidine rings is 1. The van der Waals surface area contributed by atoms with Crippen molar-refractivity contribution in [2.75, 3.05) is 13.1 Å². The van der Waals surface area contributed by atoms with Crippen LogP contribution >= 0.6 is 24.0 Å². The Morgan fingerprint density at radius 2 is 2.00 bits per heavy atom. The normalized spacial score (nSPS) is 22.5. The molecular formula is C13H17Cl2F3N2O2S. The summed E-state index contributed by atoms with van der Waals surface area (Å²) in [5, 5.41) is 2.53. The van der Waals surface area contributed by atoms with Crippen molar-refractivity contribution in [2.24, 2.45) is 5.92 Å². The number of sulfonamides is 1. The van der Waals surface area contributed by atoms with E-state index in [4.69, 9.17) is 11.6 Å². The van der Waals surface area contributed by atoms with Crippen LogP contribution in [0.3, 0.4) is 0 Å². The lowest BCUT2D eigenvalue weighted by molar-refractivity contribution is -0.137. The predicted octanol–water partition coefficient (Wildman–Crippen LogP) is 3.06. The SMILES string of the molecule is CC1CCNCC1NS(=O)(=O)c1ccc(Cl)c(C(F)(F)F)c1.Cl. The Bertz CT molecular complexity index is 653. The van der Waals surface area contributed by atoms with Gasteiger partial charge in [-0.25, -0.2) is 13.1 Å². The average molecular weight is 393 g/mol. The molecule has 1 aliphatic heterocycles. The lowest BCUT2D eigenvalue weighted by Crippen LogP contribution is -2.50. The Balaban J connectivity index is 0.00000264. The maximum atomic E-state index is 12.8. The molecule has 0 saturated carbocycles. The minimum Gasteiger partial charge on any atom is -0.315 e. The summed E-state index contributed by atoms with van der Waals surface area (Å²) in [6.07, 6.45) is -3.91. The second-order valence-electron chi connectivity index (χ2n) is 5.34. The van der Waals surface area contributed by atoms with Crippen molar-refractivity contribution < 1.29 is 21.6 Å². The van der Waals surface area contributed by atoms with Crippen LogP contribution in [0.5, 0.6) is 0 Å². The summed E-state index contributed by atoms with van der Waals surface area (Å²) in [4.78, 5) is -0.443. The average Bonchev–Trinajstić information content (AvgIpc) is 2.40. The van der Waals surface area contributed by atoms with E-state index in [-0.39, 0.29) is 24.4 Å². The number of halogens is 5. The molecule has 0 amide bonds. The third-order valence-corrected chi connectivity index (χ3v) is 5.50. The van der Waals surface area contributed by atoms with Crippen LogP contribution in [0.4, 0.5) is 13.2 Å². The molecule has 1 aromatic rings. The van der Waals surface area contributed by atoms with Gasteiger partial charge in [0.1, 0.15) is 0 Å². The minimum atomic E-state index is -4.71. The first-order valence-corrected chi connectivity index (χ1v) is 8.57. The second-order valence-corrected chi connectivity index (χ2v) is 7.46.